The third-order valence-corrected chi connectivity index (χ3v) is 7.91. The Morgan fingerprint density at radius 1 is 1.18 bits per heavy atom. The van der Waals surface area contributed by atoms with Gasteiger partial charge in [-0.25, -0.2) is 19.7 Å². The zero-order valence-electron chi connectivity index (χ0n) is 22.6. The fourth-order valence-corrected chi connectivity index (χ4v) is 5.53. The SMILES string of the molecule is CCNC(=O)[C@H]1O[C@@H](n2cnc3c(N)nc(CC4CCN(C(=O)OCC5CCN(C)C5=O)CC4)nc32)C(O)C1O. The Bertz CT molecular complexity index is 1260. The first kappa shape index (κ1) is 28.0. The fraction of sp³-hybridized carbons (Fsp3) is 0.680. The molecule has 218 valence electrons. The van der Waals surface area contributed by atoms with E-state index < -0.39 is 36.5 Å². The number of imidazole rings is 1. The summed E-state index contributed by atoms with van der Waals surface area (Å²) in [5.74, 6) is 0.0577. The molecule has 40 heavy (non-hydrogen) atoms. The molecular formula is C25H36N8O7. The van der Waals surface area contributed by atoms with E-state index in [-0.39, 0.29) is 30.2 Å². The van der Waals surface area contributed by atoms with Gasteiger partial charge in [0.15, 0.2) is 23.8 Å². The number of carbonyl (C=O) groups is 3. The zero-order chi connectivity index (χ0) is 28.6. The van der Waals surface area contributed by atoms with Crippen molar-refractivity contribution >= 4 is 34.9 Å². The molecule has 3 aliphatic heterocycles. The average molecular weight is 561 g/mol. The maximum absolute atomic E-state index is 12.5. The predicted octanol–water partition coefficient (Wildman–Crippen LogP) is -0.967. The lowest BCUT2D eigenvalue weighted by molar-refractivity contribution is -0.137. The van der Waals surface area contributed by atoms with Crippen molar-refractivity contribution in [2.75, 3.05) is 45.6 Å². The van der Waals surface area contributed by atoms with Gasteiger partial charge in [0.2, 0.25) is 5.91 Å². The van der Waals surface area contributed by atoms with Crippen molar-refractivity contribution in [2.24, 2.45) is 11.8 Å². The maximum Gasteiger partial charge on any atom is 0.409 e. The quantitative estimate of drug-likeness (QED) is 0.325. The van der Waals surface area contributed by atoms with Gasteiger partial charge in [-0.15, -0.1) is 0 Å². The second-order valence-electron chi connectivity index (χ2n) is 10.6. The molecule has 5 N–H and O–H groups in total. The van der Waals surface area contributed by atoms with Crippen LogP contribution in [0.5, 0.6) is 0 Å². The topological polar surface area (TPSA) is 198 Å². The summed E-state index contributed by atoms with van der Waals surface area (Å²) >= 11 is 0. The molecule has 0 saturated carbocycles. The molecule has 5 rings (SSSR count). The number of nitrogen functional groups attached to an aromatic ring is 1. The molecule has 2 aromatic heterocycles. The highest BCUT2D eigenvalue weighted by Gasteiger charge is 2.47. The second-order valence-corrected chi connectivity index (χ2v) is 10.6. The summed E-state index contributed by atoms with van der Waals surface area (Å²) in [5.41, 5.74) is 6.82. The molecule has 3 amide bonds. The standard InChI is InChI=1S/C25H36N8O7/c1-3-27-22(36)19-17(34)18(35)24(40-19)33-12-28-16-20(26)29-15(30-21(16)33)10-13-4-8-32(9-5-13)25(38)39-11-14-6-7-31(2)23(14)37/h12-14,17-19,24,34-35H,3-11H2,1-2H3,(H,27,36)(H2,26,29,30)/t14?,17?,18?,19-,24+/m0/s1. The summed E-state index contributed by atoms with van der Waals surface area (Å²) in [6.07, 6.45) is -1.54. The number of aliphatic hydroxyl groups is 2. The third kappa shape index (κ3) is 5.40. The van der Waals surface area contributed by atoms with Crippen LogP contribution in [0.15, 0.2) is 6.33 Å². The number of aliphatic hydroxyl groups excluding tert-OH is 2. The number of fused-ring (bicyclic) bond motifs is 1. The van der Waals surface area contributed by atoms with Gasteiger partial charge in [0.25, 0.3) is 5.91 Å². The number of amides is 3. The van der Waals surface area contributed by atoms with E-state index >= 15 is 0 Å². The van der Waals surface area contributed by atoms with E-state index in [0.29, 0.717) is 68.9 Å². The van der Waals surface area contributed by atoms with E-state index in [2.05, 4.69) is 20.3 Å². The van der Waals surface area contributed by atoms with Crippen molar-refractivity contribution in [1.82, 2.24) is 34.6 Å². The number of hydrogen-bond donors (Lipinski definition) is 4. The van der Waals surface area contributed by atoms with Crippen LogP contribution in [-0.4, -0.2) is 116 Å². The number of anilines is 1. The Morgan fingerprint density at radius 2 is 1.93 bits per heavy atom. The maximum atomic E-state index is 12.5. The number of carbonyl (C=O) groups excluding carboxylic acids is 3. The van der Waals surface area contributed by atoms with E-state index in [4.69, 9.17) is 15.2 Å². The number of aromatic nitrogens is 4. The molecule has 0 spiro atoms. The van der Waals surface area contributed by atoms with Gasteiger partial charge in [-0.05, 0) is 32.1 Å². The lowest BCUT2D eigenvalue weighted by atomic mass is 9.93. The minimum absolute atomic E-state index is 0.0103. The Kier molecular flexibility index (Phi) is 8.05. The Balaban J connectivity index is 1.21. The van der Waals surface area contributed by atoms with Crippen molar-refractivity contribution in [1.29, 1.82) is 0 Å². The van der Waals surface area contributed by atoms with E-state index in [1.54, 1.807) is 23.8 Å². The second kappa shape index (κ2) is 11.5. The van der Waals surface area contributed by atoms with Gasteiger partial charge in [-0.2, -0.15) is 0 Å². The molecule has 15 heteroatoms. The van der Waals surface area contributed by atoms with Crippen LogP contribution in [0.2, 0.25) is 0 Å². The van der Waals surface area contributed by atoms with Crippen molar-refractivity contribution < 1.29 is 34.1 Å². The van der Waals surface area contributed by atoms with Crippen LogP contribution in [0.25, 0.3) is 11.2 Å². The van der Waals surface area contributed by atoms with E-state index in [9.17, 15) is 24.6 Å². The van der Waals surface area contributed by atoms with Gasteiger partial charge in [0.05, 0.1) is 12.2 Å². The zero-order valence-corrected chi connectivity index (χ0v) is 22.6. The molecule has 0 radical (unpaired) electrons. The highest BCUT2D eigenvalue weighted by molar-refractivity contribution is 5.83. The smallest absolute Gasteiger partial charge is 0.409 e. The molecule has 3 aliphatic rings. The summed E-state index contributed by atoms with van der Waals surface area (Å²) in [4.78, 5) is 53.5. The van der Waals surface area contributed by atoms with E-state index in [0.717, 1.165) is 0 Å². The molecule has 0 bridgehead atoms. The van der Waals surface area contributed by atoms with Crippen LogP contribution in [0.4, 0.5) is 10.6 Å². The molecular weight excluding hydrogens is 524 g/mol. The number of piperidine rings is 1. The van der Waals surface area contributed by atoms with Crippen molar-refractivity contribution in [3.63, 3.8) is 0 Å². The molecule has 0 aromatic carbocycles. The van der Waals surface area contributed by atoms with Gasteiger partial charge in [-0.3, -0.25) is 14.2 Å². The fourth-order valence-electron chi connectivity index (χ4n) is 5.53. The summed E-state index contributed by atoms with van der Waals surface area (Å²) in [5, 5.41) is 23.6. The monoisotopic (exact) mass is 560 g/mol. The van der Waals surface area contributed by atoms with Gasteiger partial charge in [0, 0.05) is 39.6 Å². The van der Waals surface area contributed by atoms with Gasteiger partial charge in [0.1, 0.15) is 30.2 Å². The highest BCUT2D eigenvalue weighted by atomic mass is 16.6. The summed E-state index contributed by atoms with van der Waals surface area (Å²) in [7, 11) is 1.75. The van der Waals surface area contributed by atoms with Crippen molar-refractivity contribution in [2.45, 2.75) is 57.1 Å². The van der Waals surface area contributed by atoms with Crippen LogP contribution < -0.4 is 11.1 Å². The van der Waals surface area contributed by atoms with Crippen LogP contribution in [0.3, 0.4) is 0 Å². The summed E-state index contributed by atoms with van der Waals surface area (Å²) in [6.45, 7) is 3.90. The molecule has 15 nitrogen and oxygen atoms in total. The molecule has 3 unspecified atom stereocenters. The largest absolute Gasteiger partial charge is 0.449 e. The first-order valence-corrected chi connectivity index (χ1v) is 13.6. The number of hydrogen-bond acceptors (Lipinski definition) is 11. The molecule has 5 atom stereocenters. The number of nitrogens with one attached hydrogen (secondary N) is 1. The molecule has 5 heterocycles. The lowest BCUT2D eigenvalue weighted by Gasteiger charge is -2.31. The molecule has 3 saturated heterocycles. The van der Waals surface area contributed by atoms with Gasteiger partial charge >= 0.3 is 6.09 Å². The van der Waals surface area contributed by atoms with Crippen LogP contribution in [-0.2, 0) is 25.5 Å². The van der Waals surface area contributed by atoms with Crippen LogP contribution in [0.1, 0.15) is 38.2 Å². The Morgan fingerprint density at radius 3 is 2.60 bits per heavy atom. The van der Waals surface area contributed by atoms with Gasteiger partial charge < -0.3 is 40.5 Å². The number of likely N-dealkylation sites (tertiary alicyclic amines) is 2. The first-order valence-electron chi connectivity index (χ1n) is 13.6. The van der Waals surface area contributed by atoms with Crippen molar-refractivity contribution in [3.8, 4) is 0 Å². The predicted molar refractivity (Wildman–Crippen MR) is 139 cm³/mol. The van der Waals surface area contributed by atoms with Gasteiger partial charge in [-0.1, -0.05) is 0 Å². The average Bonchev–Trinajstić information content (AvgIpc) is 3.59. The number of rotatable bonds is 7. The van der Waals surface area contributed by atoms with Crippen LogP contribution in [0, 0.1) is 11.8 Å². The summed E-state index contributed by atoms with van der Waals surface area (Å²) < 4.78 is 12.6. The molecule has 0 aliphatic carbocycles. The minimum atomic E-state index is -1.43. The third-order valence-electron chi connectivity index (χ3n) is 7.91. The van der Waals surface area contributed by atoms with E-state index in [1.807, 2.05) is 0 Å². The first-order chi connectivity index (χ1) is 19.2. The number of likely N-dealkylation sites (N-methyl/N-ethyl adjacent to an activating group) is 1. The van der Waals surface area contributed by atoms with E-state index in [1.165, 1.54) is 10.9 Å². The number of nitrogens with two attached hydrogens (primary N) is 1. The lowest BCUT2D eigenvalue weighted by Crippen LogP contribution is -2.42. The Labute approximate surface area is 230 Å². The molecule has 2 aromatic rings. The minimum Gasteiger partial charge on any atom is -0.449 e. The molecule has 3 fully saturated rings. The number of nitrogens with zero attached hydrogens (tertiary/aromatic N) is 6. The summed E-state index contributed by atoms with van der Waals surface area (Å²) in [6, 6.07) is 0. The van der Waals surface area contributed by atoms with Crippen molar-refractivity contribution in [3.05, 3.63) is 12.2 Å². The Hall–Kier alpha value is -3.56. The highest BCUT2D eigenvalue weighted by Crippen LogP contribution is 2.33. The normalized spacial score (nSPS) is 27.5. The van der Waals surface area contributed by atoms with Crippen LogP contribution >= 0.6 is 0 Å². The number of ether oxygens (including phenoxy) is 2.